The molecule has 83 heavy (non-hydrogen) atoms. The van der Waals surface area contributed by atoms with Crippen LogP contribution in [0.4, 0.5) is 0 Å². The maximum Gasteiger partial charge on any atom is 0.306 e. The van der Waals surface area contributed by atoms with E-state index in [-0.39, 0.29) is 31.1 Å². The van der Waals surface area contributed by atoms with Crippen molar-refractivity contribution in [1.29, 1.82) is 0 Å². The fourth-order valence-electron chi connectivity index (χ4n) is 12.3. The molecule has 0 aliphatic rings. The van der Waals surface area contributed by atoms with Gasteiger partial charge in [0.25, 0.3) is 0 Å². The first-order chi connectivity index (χ1) is 41.0. The third-order valence-electron chi connectivity index (χ3n) is 18.1. The van der Waals surface area contributed by atoms with E-state index in [4.69, 9.17) is 14.2 Å². The van der Waals surface area contributed by atoms with Gasteiger partial charge in [-0.1, -0.05) is 419 Å². The second kappa shape index (κ2) is 72.9. The standard InChI is InChI=1S/C77H150O6/c1-4-7-10-13-16-19-22-25-28-30-32-34-36-37-38-39-40-41-42-44-45-47-49-52-55-58-61-64-67-70-76(79)82-73-74(72-81-75(78)69-66-63-60-57-54-51-27-24-21-18-15-12-9-6-3)83-77(80)71-68-65-62-59-56-53-50-48-46-43-35-33-31-29-26-23-20-17-14-11-8-5-2/h74H,4-73H2,1-3H3. The molecule has 0 spiro atoms. The number of rotatable bonds is 73. The molecule has 0 aliphatic carbocycles. The quantitative estimate of drug-likeness (QED) is 0.0343. The third-order valence-corrected chi connectivity index (χ3v) is 18.1. The molecular weight excluding hydrogens is 1020 g/mol. The number of hydrogen-bond donors (Lipinski definition) is 0. The normalized spacial score (nSPS) is 11.9. The van der Waals surface area contributed by atoms with Crippen LogP contribution in [0.15, 0.2) is 0 Å². The van der Waals surface area contributed by atoms with Gasteiger partial charge in [-0.15, -0.1) is 0 Å². The molecule has 0 saturated carbocycles. The van der Waals surface area contributed by atoms with E-state index in [9.17, 15) is 14.4 Å². The SMILES string of the molecule is CCCCCCCCCCCCCCCCCCCCCCCCCCCCCCCC(=O)OCC(COC(=O)CCCCCCCCCCCCCCCC)OC(=O)CCCCCCCCCCCCCCCCCCCCCCCC. The van der Waals surface area contributed by atoms with E-state index in [0.29, 0.717) is 19.3 Å². The average Bonchev–Trinajstić information content (AvgIpc) is 3.49. The number of unbranched alkanes of at least 4 members (excludes halogenated alkanes) is 62. The van der Waals surface area contributed by atoms with Crippen LogP contribution >= 0.6 is 0 Å². The molecule has 0 radical (unpaired) electrons. The first-order valence-electron chi connectivity index (χ1n) is 38.5. The van der Waals surface area contributed by atoms with Crippen LogP contribution in [0.5, 0.6) is 0 Å². The number of carbonyl (C=O) groups is 3. The summed E-state index contributed by atoms with van der Waals surface area (Å²) < 4.78 is 17.0. The van der Waals surface area contributed by atoms with Gasteiger partial charge in [0.15, 0.2) is 6.10 Å². The van der Waals surface area contributed by atoms with Gasteiger partial charge >= 0.3 is 17.9 Å². The third kappa shape index (κ3) is 71.1. The predicted octanol–water partition coefficient (Wildman–Crippen LogP) is 26.6. The highest BCUT2D eigenvalue weighted by atomic mass is 16.6. The second-order valence-electron chi connectivity index (χ2n) is 26.6. The van der Waals surface area contributed by atoms with E-state index in [2.05, 4.69) is 20.8 Å². The number of hydrogen-bond acceptors (Lipinski definition) is 6. The summed E-state index contributed by atoms with van der Waals surface area (Å²) in [5, 5.41) is 0. The van der Waals surface area contributed by atoms with Crippen LogP contribution < -0.4 is 0 Å². The van der Waals surface area contributed by atoms with E-state index >= 15 is 0 Å². The topological polar surface area (TPSA) is 78.9 Å². The van der Waals surface area contributed by atoms with Crippen LogP contribution in [0.2, 0.25) is 0 Å². The van der Waals surface area contributed by atoms with Gasteiger partial charge < -0.3 is 14.2 Å². The monoisotopic (exact) mass is 1170 g/mol. The maximum atomic E-state index is 13.0. The first-order valence-corrected chi connectivity index (χ1v) is 38.5. The van der Waals surface area contributed by atoms with E-state index in [0.717, 1.165) is 57.8 Å². The average molecular weight is 1170 g/mol. The largest absolute Gasteiger partial charge is 0.462 e. The summed E-state index contributed by atoms with van der Waals surface area (Å²) in [6, 6.07) is 0. The van der Waals surface area contributed by atoms with Gasteiger partial charge in [-0.05, 0) is 19.3 Å². The van der Waals surface area contributed by atoms with Gasteiger partial charge in [0, 0.05) is 19.3 Å². The molecule has 0 N–H and O–H groups in total. The van der Waals surface area contributed by atoms with Crippen molar-refractivity contribution < 1.29 is 28.6 Å². The zero-order valence-corrected chi connectivity index (χ0v) is 57.0. The van der Waals surface area contributed by atoms with E-state index < -0.39 is 6.10 Å². The van der Waals surface area contributed by atoms with Gasteiger partial charge in [0.05, 0.1) is 0 Å². The summed E-state index contributed by atoms with van der Waals surface area (Å²) >= 11 is 0. The summed E-state index contributed by atoms with van der Waals surface area (Å²) in [5.74, 6) is -0.815. The van der Waals surface area contributed by atoms with Crippen molar-refractivity contribution in [2.45, 2.75) is 463 Å². The molecule has 0 fully saturated rings. The summed E-state index contributed by atoms with van der Waals surface area (Å²) in [6.07, 6.45) is 87.3. The Morgan fingerprint density at radius 3 is 0.482 bits per heavy atom. The van der Waals surface area contributed by atoms with Crippen molar-refractivity contribution in [2.75, 3.05) is 13.2 Å². The minimum Gasteiger partial charge on any atom is -0.462 e. The highest BCUT2D eigenvalue weighted by Gasteiger charge is 2.20. The molecule has 0 aliphatic heterocycles. The Morgan fingerprint density at radius 1 is 0.193 bits per heavy atom. The molecule has 0 rings (SSSR count). The summed E-state index contributed by atoms with van der Waals surface area (Å²) in [4.78, 5) is 38.5. The van der Waals surface area contributed by atoms with Crippen LogP contribution in [0.3, 0.4) is 0 Å². The van der Waals surface area contributed by atoms with Crippen LogP contribution in [-0.4, -0.2) is 37.2 Å². The van der Waals surface area contributed by atoms with Crippen molar-refractivity contribution in [2.24, 2.45) is 0 Å². The van der Waals surface area contributed by atoms with Crippen molar-refractivity contribution in [3.05, 3.63) is 0 Å². The van der Waals surface area contributed by atoms with Crippen LogP contribution in [-0.2, 0) is 28.6 Å². The Kier molecular flexibility index (Phi) is 71.5. The lowest BCUT2D eigenvalue weighted by Gasteiger charge is -2.18. The maximum absolute atomic E-state index is 13.0. The van der Waals surface area contributed by atoms with Crippen molar-refractivity contribution in [3.63, 3.8) is 0 Å². The number of ether oxygens (including phenoxy) is 3. The highest BCUT2D eigenvalue weighted by molar-refractivity contribution is 5.71. The molecular formula is C77H150O6. The molecule has 0 bridgehead atoms. The summed E-state index contributed by atoms with van der Waals surface area (Å²) in [7, 11) is 0. The Labute approximate surface area is 520 Å². The Hall–Kier alpha value is -1.59. The lowest BCUT2D eigenvalue weighted by Crippen LogP contribution is -2.30. The lowest BCUT2D eigenvalue weighted by molar-refractivity contribution is -0.167. The molecule has 1 atom stereocenters. The first kappa shape index (κ1) is 81.4. The smallest absolute Gasteiger partial charge is 0.306 e. The van der Waals surface area contributed by atoms with Gasteiger partial charge in [-0.25, -0.2) is 0 Å². The number of esters is 3. The van der Waals surface area contributed by atoms with Gasteiger partial charge in [-0.3, -0.25) is 14.4 Å². The minimum absolute atomic E-state index is 0.0599. The molecule has 6 heteroatoms. The molecule has 494 valence electrons. The highest BCUT2D eigenvalue weighted by Crippen LogP contribution is 2.20. The van der Waals surface area contributed by atoms with Crippen LogP contribution in [0, 0.1) is 0 Å². The fourth-order valence-corrected chi connectivity index (χ4v) is 12.3. The summed E-state index contributed by atoms with van der Waals surface area (Å²) in [5.41, 5.74) is 0. The van der Waals surface area contributed by atoms with E-state index in [1.165, 1.54) is 360 Å². The van der Waals surface area contributed by atoms with Crippen molar-refractivity contribution in [3.8, 4) is 0 Å². The van der Waals surface area contributed by atoms with Gasteiger partial charge in [-0.2, -0.15) is 0 Å². The Balaban J connectivity index is 4.15. The molecule has 6 nitrogen and oxygen atoms in total. The van der Waals surface area contributed by atoms with E-state index in [1.54, 1.807) is 0 Å². The van der Waals surface area contributed by atoms with Crippen molar-refractivity contribution >= 4 is 17.9 Å². The molecule has 0 saturated heterocycles. The second-order valence-corrected chi connectivity index (χ2v) is 26.6. The van der Waals surface area contributed by atoms with Crippen LogP contribution in [0.25, 0.3) is 0 Å². The molecule has 0 aromatic heterocycles. The van der Waals surface area contributed by atoms with Crippen molar-refractivity contribution in [1.82, 2.24) is 0 Å². The fraction of sp³-hybridized carbons (Fsp3) is 0.961. The molecule has 0 heterocycles. The van der Waals surface area contributed by atoms with Gasteiger partial charge in [0.1, 0.15) is 13.2 Å². The molecule has 0 amide bonds. The van der Waals surface area contributed by atoms with Crippen LogP contribution in [0.1, 0.15) is 457 Å². The van der Waals surface area contributed by atoms with Gasteiger partial charge in [0.2, 0.25) is 0 Å². The minimum atomic E-state index is -0.764. The predicted molar refractivity (Wildman–Crippen MR) is 363 cm³/mol. The summed E-state index contributed by atoms with van der Waals surface area (Å²) in [6.45, 7) is 6.76. The van der Waals surface area contributed by atoms with E-state index in [1.807, 2.05) is 0 Å². The zero-order chi connectivity index (χ0) is 59.9. The Bertz CT molecular complexity index is 1250. The Morgan fingerprint density at radius 2 is 0.325 bits per heavy atom. The molecule has 1 unspecified atom stereocenters. The lowest BCUT2D eigenvalue weighted by atomic mass is 10.0. The number of carbonyl (C=O) groups excluding carboxylic acids is 3. The molecule has 0 aromatic carbocycles. The molecule has 0 aromatic rings. The zero-order valence-electron chi connectivity index (χ0n) is 57.0.